The lowest BCUT2D eigenvalue weighted by atomic mass is 10.0. The molecular weight excluding hydrogens is 384 g/mol. The molecule has 0 fully saturated rings. The molecule has 30 heavy (non-hydrogen) atoms. The summed E-state index contributed by atoms with van der Waals surface area (Å²) in [5.74, 6) is 0.915. The van der Waals surface area contributed by atoms with Crippen LogP contribution in [0.25, 0.3) is 0 Å². The molecule has 1 heterocycles. The van der Waals surface area contributed by atoms with Crippen molar-refractivity contribution in [3.8, 4) is 11.5 Å². The van der Waals surface area contributed by atoms with E-state index in [1.165, 1.54) is 7.11 Å². The van der Waals surface area contributed by atoms with Crippen LogP contribution in [0, 0.1) is 13.8 Å². The largest absolute Gasteiger partial charge is 0.490 e. The van der Waals surface area contributed by atoms with Crippen molar-refractivity contribution >= 4 is 11.8 Å². The number of ether oxygens (including phenoxy) is 3. The maximum Gasteiger partial charge on any atom is 0.339 e. The number of ketones is 1. The first-order valence-electron chi connectivity index (χ1n) is 10.3. The fourth-order valence-corrected chi connectivity index (χ4v) is 3.61. The monoisotopic (exact) mass is 417 g/mol. The molecule has 0 bridgehead atoms. The van der Waals surface area contributed by atoms with Gasteiger partial charge in [0.1, 0.15) is 12.1 Å². The number of carbonyl (C=O) groups excluding carboxylic acids is 2. The Hall–Kier alpha value is -2.80. The van der Waals surface area contributed by atoms with Crippen LogP contribution in [0.2, 0.25) is 0 Å². The minimum absolute atomic E-state index is 0.0234. The molecule has 0 aliphatic heterocycles. The molecule has 164 valence electrons. The summed E-state index contributed by atoms with van der Waals surface area (Å²) in [5.41, 5.74) is 3.17. The number of methoxy groups -OCH3 is 1. The van der Waals surface area contributed by atoms with E-state index >= 15 is 0 Å². The third kappa shape index (κ3) is 5.02. The number of aromatic amines is 1. The van der Waals surface area contributed by atoms with Gasteiger partial charge in [-0.3, -0.25) is 4.79 Å². The number of hydrogen-bond donors (Lipinski definition) is 2. The normalized spacial score (nSPS) is 12.9. The van der Waals surface area contributed by atoms with Crippen molar-refractivity contribution in [3.05, 3.63) is 46.3 Å². The standard InChI is InChI=1S/C23H32N2O5/c1-8-29-18-11-10-17(12-19(18)30-9-2)14(4)24-16(6)22(26)21-13(3)20(15(5)25-21)23(27)28-7/h10-12,14,16,24-25H,8-9H2,1-7H3/p+1/t14-,16-/m1/s1. The molecule has 0 amide bonds. The molecule has 1 aromatic carbocycles. The Bertz CT molecular complexity index is 903. The average Bonchev–Trinajstić information content (AvgIpc) is 3.02. The van der Waals surface area contributed by atoms with E-state index in [1.54, 1.807) is 13.8 Å². The molecule has 3 N–H and O–H groups in total. The number of esters is 1. The lowest BCUT2D eigenvalue weighted by Gasteiger charge is -2.18. The Morgan fingerprint density at radius 3 is 2.30 bits per heavy atom. The van der Waals surface area contributed by atoms with Gasteiger partial charge in [0.05, 0.1) is 31.6 Å². The van der Waals surface area contributed by atoms with Gasteiger partial charge in [-0.25, -0.2) is 4.79 Å². The van der Waals surface area contributed by atoms with E-state index in [0.717, 1.165) is 5.56 Å². The molecule has 1 aromatic heterocycles. The lowest BCUT2D eigenvalue weighted by Crippen LogP contribution is -2.91. The predicted molar refractivity (Wildman–Crippen MR) is 115 cm³/mol. The van der Waals surface area contributed by atoms with Crippen molar-refractivity contribution in [3.63, 3.8) is 0 Å². The van der Waals surface area contributed by atoms with E-state index in [4.69, 9.17) is 14.2 Å². The summed E-state index contributed by atoms with van der Waals surface area (Å²) in [7, 11) is 1.33. The second-order valence-corrected chi connectivity index (χ2v) is 7.32. The third-order valence-corrected chi connectivity index (χ3v) is 5.16. The number of rotatable bonds is 10. The highest BCUT2D eigenvalue weighted by molar-refractivity contribution is 6.03. The minimum atomic E-state index is -0.442. The van der Waals surface area contributed by atoms with Crippen LogP contribution in [0.1, 0.15) is 71.4 Å². The topological polar surface area (TPSA) is 94.2 Å². The molecule has 0 aliphatic carbocycles. The molecule has 7 heteroatoms. The maximum absolute atomic E-state index is 13.1. The quantitative estimate of drug-likeness (QED) is 0.458. The average molecular weight is 418 g/mol. The van der Waals surface area contributed by atoms with E-state index in [-0.39, 0.29) is 17.9 Å². The smallest absolute Gasteiger partial charge is 0.339 e. The van der Waals surface area contributed by atoms with Crippen LogP contribution in [0.4, 0.5) is 0 Å². The Morgan fingerprint density at radius 1 is 1.07 bits per heavy atom. The zero-order chi connectivity index (χ0) is 22.4. The maximum atomic E-state index is 13.1. The number of aromatic nitrogens is 1. The number of nitrogens with one attached hydrogen (secondary N) is 1. The first kappa shape index (κ1) is 23.5. The first-order valence-corrected chi connectivity index (χ1v) is 10.3. The van der Waals surface area contributed by atoms with Crippen molar-refractivity contribution in [1.29, 1.82) is 0 Å². The van der Waals surface area contributed by atoms with E-state index in [9.17, 15) is 9.59 Å². The van der Waals surface area contributed by atoms with Crippen molar-refractivity contribution in [1.82, 2.24) is 4.98 Å². The highest BCUT2D eigenvalue weighted by Gasteiger charge is 2.28. The van der Waals surface area contributed by atoms with Gasteiger partial charge in [0.25, 0.3) is 0 Å². The molecule has 0 saturated heterocycles. The second-order valence-electron chi connectivity index (χ2n) is 7.32. The molecule has 0 unspecified atom stereocenters. The highest BCUT2D eigenvalue weighted by Crippen LogP contribution is 2.30. The predicted octanol–water partition coefficient (Wildman–Crippen LogP) is 3.11. The van der Waals surface area contributed by atoms with Gasteiger partial charge in [0.2, 0.25) is 5.78 Å². The van der Waals surface area contributed by atoms with E-state index in [0.29, 0.717) is 47.2 Å². The molecule has 0 spiro atoms. The first-order chi connectivity index (χ1) is 14.2. The summed E-state index contributed by atoms with van der Waals surface area (Å²) in [5, 5.41) is 2.00. The molecule has 2 aromatic rings. The summed E-state index contributed by atoms with van der Waals surface area (Å²) in [6.45, 7) is 12.4. The Balaban J connectivity index is 2.19. The molecule has 7 nitrogen and oxygen atoms in total. The van der Waals surface area contributed by atoms with Crippen LogP contribution in [0.15, 0.2) is 18.2 Å². The summed E-state index contributed by atoms with van der Waals surface area (Å²) < 4.78 is 16.2. The van der Waals surface area contributed by atoms with Crippen LogP contribution in [0.3, 0.4) is 0 Å². The van der Waals surface area contributed by atoms with Crippen LogP contribution in [-0.2, 0) is 4.74 Å². The summed E-state index contributed by atoms with van der Waals surface area (Å²) in [6.07, 6.45) is 0. The number of nitrogens with two attached hydrogens (primary N) is 1. The fourth-order valence-electron chi connectivity index (χ4n) is 3.61. The van der Waals surface area contributed by atoms with Gasteiger partial charge in [0.15, 0.2) is 11.5 Å². The number of Topliss-reactive ketones (excluding diaryl/α,β-unsaturated/α-hetero) is 1. The zero-order valence-electron chi connectivity index (χ0n) is 18.9. The van der Waals surface area contributed by atoms with Crippen molar-refractivity contribution in [2.45, 2.75) is 53.6 Å². The van der Waals surface area contributed by atoms with Crippen molar-refractivity contribution in [2.75, 3.05) is 20.3 Å². The number of aryl methyl sites for hydroxylation is 1. The molecule has 0 saturated carbocycles. The number of quaternary nitrogens is 1. The zero-order valence-corrected chi connectivity index (χ0v) is 18.9. The van der Waals surface area contributed by atoms with Gasteiger partial charge in [-0.1, -0.05) is 0 Å². The molecule has 2 atom stereocenters. The fraction of sp³-hybridized carbons (Fsp3) is 0.478. The van der Waals surface area contributed by atoms with Gasteiger partial charge in [-0.2, -0.15) is 0 Å². The molecule has 0 aliphatic rings. The van der Waals surface area contributed by atoms with Gasteiger partial charge in [-0.15, -0.1) is 0 Å². The van der Waals surface area contributed by atoms with Gasteiger partial charge >= 0.3 is 5.97 Å². The number of hydrogen-bond acceptors (Lipinski definition) is 5. The number of H-pyrrole nitrogens is 1. The Kier molecular flexibility index (Phi) is 8.06. The van der Waals surface area contributed by atoms with Crippen LogP contribution < -0.4 is 14.8 Å². The highest BCUT2D eigenvalue weighted by atomic mass is 16.5. The van der Waals surface area contributed by atoms with Crippen molar-refractivity contribution < 1.29 is 29.1 Å². The SMILES string of the molecule is CCOc1ccc([C@@H](C)[NH2+][C@H](C)C(=O)c2[nH]c(C)c(C(=O)OC)c2C)cc1OCC. The van der Waals surface area contributed by atoms with Crippen LogP contribution >= 0.6 is 0 Å². The van der Waals surface area contributed by atoms with Crippen LogP contribution in [0.5, 0.6) is 11.5 Å². The summed E-state index contributed by atoms with van der Waals surface area (Å²) in [4.78, 5) is 28.1. The Morgan fingerprint density at radius 2 is 1.70 bits per heavy atom. The minimum Gasteiger partial charge on any atom is -0.490 e. The molecular formula is C23H33N2O5+. The van der Waals surface area contributed by atoms with Gasteiger partial charge < -0.3 is 24.5 Å². The van der Waals surface area contributed by atoms with Gasteiger partial charge in [0, 0.05) is 11.3 Å². The third-order valence-electron chi connectivity index (χ3n) is 5.16. The van der Waals surface area contributed by atoms with E-state index in [1.807, 2.05) is 51.2 Å². The van der Waals surface area contributed by atoms with Crippen LogP contribution in [-0.4, -0.2) is 43.1 Å². The second kappa shape index (κ2) is 10.3. The number of carbonyl (C=O) groups is 2. The molecule has 2 rings (SSSR count). The summed E-state index contributed by atoms with van der Waals surface area (Å²) in [6, 6.07) is 5.54. The number of benzene rings is 1. The molecule has 0 radical (unpaired) electrons. The Labute approximate surface area is 178 Å². The van der Waals surface area contributed by atoms with Crippen molar-refractivity contribution in [2.24, 2.45) is 0 Å². The lowest BCUT2D eigenvalue weighted by molar-refractivity contribution is -0.709. The van der Waals surface area contributed by atoms with E-state index in [2.05, 4.69) is 4.98 Å². The summed E-state index contributed by atoms with van der Waals surface area (Å²) >= 11 is 0. The van der Waals surface area contributed by atoms with Gasteiger partial charge in [-0.05, 0) is 65.3 Å². The van der Waals surface area contributed by atoms with E-state index < -0.39 is 5.97 Å².